The van der Waals surface area contributed by atoms with Crippen molar-refractivity contribution in [2.45, 2.75) is 40.4 Å². The number of rotatable bonds is 4. The van der Waals surface area contributed by atoms with Gasteiger partial charge in [-0.1, -0.05) is 50.2 Å². The maximum absolute atomic E-state index is 12.8. The first-order valence-corrected chi connectivity index (χ1v) is 9.59. The molecule has 2 aromatic carbocycles. The van der Waals surface area contributed by atoms with Crippen molar-refractivity contribution in [1.29, 1.82) is 0 Å². The van der Waals surface area contributed by atoms with Crippen LogP contribution in [0.5, 0.6) is 0 Å². The third-order valence-electron chi connectivity index (χ3n) is 3.94. The first-order valence-electron chi connectivity index (χ1n) is 8.78. The Bertz CT molecular complexity index is 868. The highest BCUT2D eigenvalue weighted by atomic mass is 32.1. The van der Waals surface area contributed by atoms with Crippen molar-refractivity contribution < 1.29 is 13.2 Å². The Morgan fingerprint density at radius 3 is 2.15 bits per heavy atom. The fourth-order valence-electron chi connectivity index (χ4n) is 2.54. The van der Waals surface area contributed by atoms with Gasteiger partial charge in [-0.05, 0) is 37.1 Å². The molecule has 0 radical (unpaired) electrons. The Labute approximate surface area is 162 Å². The molecule has 0 unspecified atom stereocenters. The number of hydrogen-bond acceptors (Lipinski definition) is 3. The van der Waals surface area contributed by atoms with Gasteiger partial charge in [-0.25, -0.2) is 4.98 Å². The Morgan fingerprint density at radius 1 is 0.963 bits per heavy atom. The van der Waals surface area contributed by atoms with E-state index in [0.29, 0.717) is 34.0 Å². The normalized spacial score (nSPS) is 10.9. The summed E-state index contributed by atoms with van der Waals surface area (Å²) in [6.45, 7) is 8.41. The van der Waals surface area contributed by atoms with E-state index >= 15 is 0 Å². The summed E-state index contributed by atoms with van der Waals surface area (Å²) in [5.74, 6) is 0. The Morgan fingerprint density at radius 2 is 1.59 bits per heavy atom. The average molecular weight is 392 g/mol. The first kappa shape index (κ1) is 21.0. The summed E-state index contributed by atoms with van der Waals surface area (Å²) < 4.78 is 38.4. The van der Waals surface area contributed by atoms with Crippen LogP contribution >= 0.6 is 11.3 Å². The number of benzene rings is 2. The van der Waals surface area contributed by atoms with Crippen LogP contribution in [0.3, 0.4) is 0 Å². The molecule has 0 saturated heterocycles. The summed E-state index contributed by atoms with van der Waals surface area (Å²) in [4.78, 5) is 4.32. The van der Waals surface area contributed by atoms with E-state index in [9.17, 15) is 13.2 Å². The monoisotopic (exact) mass is 392 g/mol. The average Bonchev–Trinajstić information content (AvgIpc) is 3.05. The molecule has 0 aliphatic carbocycles. The molecule has 0 fully saturated rings. The number of anilines is 1. The lowest BCUT2D eigenvalue weighted by molar-refractivity contribution is -0.137. The molecule has 1 N–H and O–H groups in total. The third-order valence-corrected chi connectivity index (χ3v) is 4.96. The summed E-state index contributed by atoms with van der Waals surface area (Å²) in [5.41, 5.74) is 4.41. The van der Waals surface area contributed by atoms with Gasteiger partial charge in [-0.2, -0.15) is 13.2 Å². The van der Waals surface area contributed by atoms with Gasteiger partial charge in [-0.3, -0.25) is 0 Å². The minimum Gasteiger partial charge on any atom is -0.381 e. The highest BCUT2D eigenvalue weighted by Crippen LogP contribution is 2.37. The van der Waals surface area contributed by atoms with Crippen molar-refractivity contribution in [3.8, 4) is 11.3 Å². The fourth-order valence-corrected chi connectivity index (χ4v) is 3.34. The summed E-state index contributed by atoms with van der Waals surface area (Å²) in [6.07, 6.45) is -4.40. The van der Waals surface area contributed by atoms with Crippen LogP contribution in [0.4, 0.5) is 18.9 Å². The molecule has 0 aliphatic heterocycles. The van der Waals surface area contributed by atoms with Crippen molar-refractivity contribution in [3.05, 3.63) is 69.5 Å². The summed E-state index contributed by atoms with van der Waals surface area (Å²) in [5, 5.41) is 2.52. The maximum atomic E-state index is 12.8. The van der Waals surface area contributed by atoms with Gasteiger partial charge in [0.2, 0.25) is 0 Å². The molecule has 3 rings (SSSR count). The van der Waals surface area contributed by atoms with Crippen molar-refractivity contribution >= 4 is 17.0 Å². The third kappa shape index (κ3) is 5.32. The second kappa shape index (κ2) is 9.04. The van der Waals surface area contributed by atoms with Crippen molar-refractivity contribution in [1.82, 2.24) is 4.98 Å². The van der Waals surface area contributed by atoms with Crippen LogP contribution < -0.4 is 5.32 Å². The van der Waals surface area contributed by atoms with Gasteiger partial charge in [0.15, 0.2) is 5.01 Å². The van der Waals surface area contributed by atoms with Crippen LogP contribution in [0.1, 0.15) is 34.9 Å². The van der Waals surface area contributed by atoms with Crippen molar-refractivity contribution in [2.75, 3.05) is 5.32 Å². The summed E-state index contributed by atoms with van der Waals surface area (Å²) in [6, 6.07) is 15.4. The van der Waals surface area contributed by atoms with Gasteiger partial charge in [0.25, 0.3) is 0 Å². The molecule has 144 valence electrons. The van der Waals surface area contributed by atoms with Crippen LogP contribution in [-0.2, 0) is 12.7 Å². The number of nitrogens with zero attached hydrogens (tertiary/aromatic N) is 1. The largest absolute Gasteiger partial charge is 0.443 e. The lowest BCUT2D eigenvalue weighted by Gasteiger charge is -2.09. The Kier molecular flexibility index (Phi) is 7.02. The highest BCUT2D eigenvalue weighted by Gasteiger charge is 2.35. The van der Waals surface area contributed by atoms with Crippen LogP contribution in [-0.4, -0.2) is 4.98 Å². The van der Waals surface area contributed by atoms with Gasteiger partial charge in [-0.15, -0.1) is 11.3 Å². The first-order chi connectivity index (χ1) is 12.8. The molecule has 0 aliphatic rings. The van der Waals surface area contributed by atoms with Crippen molar-refractivity contribution in [2.24, 2.45) is 0 Å². The van der Waals surface area contributed by atoms with Crippen LogP contribution in [0.25, 0.3) is 11.3 Å². The SMILES string of the molecule is CC.Cc1ccccc1CNc1ccc(-c2nc(C(F)(F)F)sc2C)cc1. The van der Waals surface area contributed by atoms with E-state index in [1.54, 1.807) is 19.1 Å². The highest BCUT2D eigenvalue weighted by molar-refractivity contribution is 7.12. The predicted molar refractivity (Wildman–Crippen MR) is 107 cm³/mol. The summed E-state index contributed by atoms with van der Waals surface area (Å²) >= 11 is 0.678. The number of aryl methyl sites for hydroxylation is 2. The molecular weight excluding hydrogens is 369 g/mol. The molecule has 1 aromatic heterocycles. The van der Waals surface area contributed by atoms with Gasteiger partial charge < -0.3 is 5.32 Å². The van der Waals surface area contributed by atoms with E-state index < -0.39 is 11.2 Å². The zero-order chi connectivity index (χ0) is 20.0. The molecule has 0 saturated carbocycles. The molecule has 0 atom stereocenters. The molecule has 2 nitrogen and oxygen atoms in total. The second-order valence-electron chi connectivity index (χ2n) is 5.78. The molecule has 3 aromatic rings. The number of halogens is 3. The number of nitrogens with one attached hydrogen (secondary N) is 1. The number of aromatic nitrogens is 1. The minimum atomic E-state index is -4.40. The molecule has 0 spiro atoms. The molecule has 0 amide bonds. The minimum absolute atomic E-state index is 0.391. The predicted octanol–water partition coefficient (Wildman–Crippen LogP) is 7.08. The van der Waals surface area contributed by atoms with Gasteiger partial charge in [0.1, 0.15) is 0 Å². The second-order valence-corrected chi connectivity index (χ2v) is 6.98. The fraction of sp³-hybridized carbons (Fsp3) is 0.286. The lowest BCUT2D eigenvalue weighted by atomic mass is 10.1. The van der Waals surface area contributed by atoms with E-state index in [2.05, 4.69) is 29.4 Å². The zero-order valence-corrected chi connectivity index (χ0v) is 16.6. The Hall–Kier alpha value is -2.34. The number of thiazole rings is 1. The van der Waals surface area contributed by atoms with Gasteiger partial charge in [0, 0.05) is 22.7 Å². The molecule has 1 heterocycles. The smallest absolute Gasteiger partial charge is 0.381 e. The lowest BCUT2D eigenvalue weighted by Crippen LogP contribution is -2.03. The number of alkyl halides is 3. The van der Waals surface area contributed by atoms with E-state index in [0.717, 1.165) is 5.69 Å². The standard InChI is InChI=1S/C19H17F3N2S.C2H6/c1-12-5-3-4-6-15(12)11-23-16-9-7-14(8-10-16)17-13(2)25-18(24-17)19(20,21)22;1-2/h3-10,23H,11H2,1-2H3;1-2H3. The Balaban J connectivity index is 0.00000126. The van der Waals surface area contributed by atoms with Crippen LogP contribution in [0, 0.1) is 13.8 Å². The van der Waals surface area contributed by atoms with E-state index in [-0.39, 0.29) is 0 Å². The molecule has 0 bridgehead atoms. The maximum Gasteiger partial charge on any atom is 0.443 e. The molecule has 6 heteroatoms. The molecule has 27 heavy (non-hydrogen) atoms. The van der Waals surface area contributed by atoms with Gasteiger partial charge in [0.05, 0.1) is 5.69 Å². The molecular formula is C21H23F3N2S. The topological polar surface area (TPSA) is 24.9 Å². The van der Waals surface area contributed by atoms with Gasteiger partial charge >= 0.3 is 6.18 Å². The van der Waals surface area contributed by atoms with E-state index in [4.69, 9.17) is 0 Å². The van der Waals surface area contributed by atoms with Crippen LogP contribution in [0.15, 0.2) is 48.5 Å². The summed E-state index contributed by atoms with van der Waals surface area (Å²) in [7, 11) is 0. The quantitative estimate of drug-likeness (QED) is 0.513. The van der Waals surface area contributed by atoms with E-state index in [1.165, 1.54) is 11.1 Å². The van der Waals surface area contributed by atoms with Crippen molar-refractivity contribution in [3.63, 3.8) is 0 Å². The van der Waals surface area contributed by atoms with E-state index in [1.807, 2.05) is 38.1 Å². The van der Waals surface area contributed by atoms with Crippen LogP contribution in [0.2, 0.25) is 0 Å². The number of hydrogen-bond donors (Lipinski definition) is 1. The zero-order valence-electron chi connectivity index (χ0n) is 15.8.